The van der Waals surface area contributed by atoms with Crippen LogP contribution >= 0.6 is 0 Å². The van der Waals surface area contributed by atoms with E-state index in [1.807, 2.05) is 0 Å². The highest BCUT2D eigenvalue weighted by Gasteiger charge is 2.50. The predicted octanol–water partition coefficient (Wildman–Crippen LogP) is 15.9. The summed E-state index contributed by atoms with van der Waals surface area (Å²) in [5.41, 5.74) is 0. The number of hydrogen-bond acceptors (Lipinski definition) is 11. The van der Waals surface area contributed by atoms with Gasteiger partial charge in [0.1, 0.15) is 18.8 Å². The van der Waals surface area contributed by atoms with E-state index in [0.717, 1.165) is 148 Å². The lowest BCUT2D eigenvalue weighted by Gasteiger charge is -2.40. The van der Waals surface area contributed by atoms with Crippen molar-refractivity contribution in [1.82, 2.24) is 0 Å². The molecule has 0 radical (unpaired) electrons. The van der Waals surface area contributed by atoms with Crippen LogP contribution in [0, 0.1) is 0 Å². The molecule has 6 atom stereocenters. The molecule has 0 aromatic heterocycles. The summed E-state index contributed by atoms with van der Waals surface area (Å²) in [5.74, 6) is -3.16. The van der Waals surface area contributed by atoms with Crippen LogP contribution in [0.15, 0.2) is 85.1 Å². The summed E-state index contributed by atoms with van der Waals surface area (Å²) in [6, 6.07) is 0. The summed E-state index contributed by atoms with van der Waals surface area (Å²) in [7, 11) is 0. The van der Waals surface area contributed by atoms with Gasteiger partial charge >= 0.3 is 23.9 Å². The third kappa shape index (κ3) is 42.5. The van der Waals surface area contributed by atoms with E-state index in [1.165, 1.54) is 44.9 Å². The van der Waals surface area contributed by atoms with Gasteiger partial charge in [-0.3, -0.25) is 14.4 Å². The fourth-order valence-corrected chi connectivity index (χ4v) is 8.80. The fourth-order valence-electron chi connectivity index (χ4n) is 8.80. The van der Waals surface area contributed by atoms with Crippen molar-refractivity contribution in [2.45, 2.75) is 289 Å². The molecule has 1 heterocycles. The van der Waals surface area contributed by atoms with Gasteiger partial charge in [-0.05, 0) is 109 Å². The van der Waals surface area contributed by atoms with Crippen LogP contribution in [-0.2, 0) is 42.9 Å². The molecule has 0 aliphatic carbocycles. The first-order valence-corrected chi connectivity index (χ1v) is 30.6. The Morgan fingerprint density at radius 2 is 0.818 bits per heavy atom. The van der Waals surface area contributed by atoms with Crippen LogP contribution in [0.25, 0.3) is 0 Å². The van der Waals surface area contributed by atoms with Gasteiger partial charge in [-0.25, -0.2) is 4.79 Å². The molecule has 3 N–H and O–H groups in total. The van der Waals surface area contributed by atoms with Gasteiger partial charge < -0.3 is 39.0 Å². The summed E-state index contributed by atoms with van der Waals surface area (Å²) in [6.07, 6.45) is 55.4. The topological polar surface area (TPSA) is 175 Å². The van der Waals surface area contributed by atoms with Crippen LogP contribution < -0.4 is 0 Å². The number of esters is 3. The Bertz CT molecular complexity index is 1660. The van der Waals surface area contributed by atoms with Crippen molar-refractivity contribution in [3.63, 3.8) is 0 Å². The Morgan fingerprint density at radius 3 is 1.26 bits per heavy atom. The number of carbonyl (C=O) groups excluding carboxylic acids is 3. The molecule has 1 aliphatic rings. The summed E-state index contributed by atoms with van der Waals surface area (Å²) in [4.78, 5) is 51.2. The second kappa shape index (κ2) is 52.6. The summed E-state index contributed by atoms with van der Waals surface area (Å²) in [6.45, 7) is 5.75. The molecule has 1 rings (SSSR count). The smallest absolute Gasteiger partial charge is 0.335 e. The number of carboxylic acids is 1. The van der Waals surface area contributed by atoms with Crippen LogP contribution in [0.2, 0.25) is 0 Å². The van der Waals surface area contributed by atoms with Gasteiger partial charge in [0, 0.05) is 19.3 Å². The lowest BCUT2D eigenvalue weighted by molar-refractivity contribution is -0.301. The largest absolute Gasteiger partial charge is 0.479 e. The van der Waals surface area contributed by atoms with Crippen LogP contribution in [0.3, 0.4) is 0 Å². The minimum Gasteiger partial charge on any atom is -0.479 e. The van der Waals surface area contributed by atoms with Crippen molar-refractivity contribution in [1.29, 1.82) is 0 Å². The number of aliphatic hydroxyl groups excluding tert-OH is 2. The van der Waals surface area contributed by atoms with Crippen molar-refractivity contribution in [3.8, 4) is 0 Å². The second-order valence-electron chi connectivity index (χ2n) is 20.6. The monoisotopic (exact) mass is 1080 g/mol. The summed E-state index contributed by atoms with van der Waals surface area (Å²) < 4.78 is 28.4. The number of ether oxygens (including phenoxy) is 5. The van der Waals surface area contributed by atoms with Gasteiger partial charge in [-0.15, -0.1) is 0 Å². The van der Waals surface area contributed by atoms with Crippen LogP contribution in [0.1, 0.15) is 252 Å². The zero-order chi connectivity index (χ0) is 56.1. The van der Waals surface area contributed by atoms with Crippen molar-refractivity contribution >= 4 is 23.9 Å². The number of carboxylic acid groups (broad SMARTS) is 1. The van der Waals surface area contributed by atoms with Gasteiger partial charge in [0.05, 0.1) is 6.61 Å². The molecule has 0 aromatic carbocycles. The van der Waals surface area contributed by atoms with Crippen LogP contribution in [0.4, 0.5) is 0 Å². The highest BCUT2D eigenvalue weighted by molar-refractivity contribution is 5.74. The average Bonchev–Trinajstić information content (AvgIpc) is 3.42. The van der Waals surface area contributed by atoms with Gasteiger partial charge in [0.15, 0.2) is 24.6 Å². The normalized spacial score (nSPS) is 18.6. The van der Waals surface area contributed by atoms with Gasteiger partial charge in [0.2, 0.25) is 0 Å². The highest BCUT2D eigenvalue weighted by atomic mass is 16.7. The Balaban J connectivity index is 2.70. The third-order valence-electron chi connectivity index (χ3n) is 13.4. The molecule has 6 unspecified atom stereocenters. The first kappa shape index (κ1) is 70.9. The lowest BCUT2D eigenvalue weighted by Crippen LogP contribution is -2.61. The Hall–Kier alpha value is -4.10. The fraction of sp³-hybridized carbons (Fsp3) is 0.723. The number of rotatable bonds is 51. The van der Waals surface area contributed by atoms with E-state index in [2.05, 4.69) is 106 Å². The van der Waals surface area contributed by atoms with Crippen molar-refractivity contribution < 1.29 is 58.2 Å². The van der Waals surface area contributed by atoms with Crippen molar-refractivity contribution in [2.24, 2.45) is 0 Å². The molecule has 77 heavy (non-hydrogen) atoms. The first-order valence-electron chi connectivity index (χ1n) is 30.6. The number of carbonyl (C=O) groups is 4. The number of unbranched alkanes of at least 4 members (excludes halogenated alkanes) is 23. The molecule has 1 fully saturated rings. The highest BCUT2D eigenvalue weighted by Crippen LogP contribution is 2.26. The Labute approximate surface area is 467 Å². The maximum atomic E-state index is 13.2. The molecular formula is C65H108O12. The molecule has 12 nitrogen and oxygen atoms in total. The summed E-state index contributed by atoms with van der Waals surface area (Å²) >= 11 is 0. The molecule has 0 aromatic rings. The van der Waals surface area contributed by atoms with E-state index in [4.69, 9.17) is 23.7 Å². The average molecular weight is 1080 g/mol. The zero-order valence-electron chi connectivity index (χ0n) is 48.4. The summed E-state index contributed by atoms with van der Waals surface area (Å²) in [5, 5.41) is 31.5. The van der Waals surface area contributed by atoms with Gasteiger partial charge in [-0.1, -0.05) is 209 Å². The van der Waals surface area contributed by atoms with E-state index >= 15 is 0 Å². The quantitative estimate of drug-likeness (QED) is 0.0228. The van der Waals surface area contributed by atoms with E-state index in [1.54, 1.807) is 0 Å². The maximum absolute atomic E-state index is 13.2. The van der Waals surface area contributed by atoms with E-state index in [0.29, 0.717) is 19.3 Å². The number of hydrogen-bond donors (Lipinski definition) is 3. The van der Waals surface area contributed by atoms with E-state index in [9.17, 15) is 34.5 Å². The number of aliphatic hydroxyl groups is 2. The first-order chi connectivity index (χ1) is 37.6. The molecule has 0 spiro atoms. The molecule has 1 saturated heterocycles. The second-order valence-corrected chi connectivity index (χ2v) is 20.6. The number of aliphatic carboxylic acids is 1. The molecular weight excluding hydrogens is 973 g/mol. The van der Waals surface area contributed by atoms with Crippen molar-refractivity contribution in [3.05, 3.63) is 85.1 Å². The standard InChI is InChI=1S/C65H108O12/c1-4-7-10-13-16-19-22-25-28-29-32-33-36-39-42-45-48-51-57(66)73-54-56(75-58(67)52-49-46-43-40-37-34-30-26-23-20-17-14-11-8-5-2)55-74-65-63(61(70)60(69)62(77-65)64(71)72)76-59(68)53-50-47-44-41-38-35-31-27-24-21-18-15-12-9-6-3/h7-8,10-11,16-17,19-20,25-28,30-31,56,60-63,65,69-70H,4-6,9,12-15,18,21-24,29,32-55H2,1-3H3,(H,71,72)/b10-7-,11-8-,19-16-,20-17-,28-25-,30-26-,31-27-. The van der Waals surface area contributed by atoms with Crippen LogP contribution in [-0.4, -0.2) is 89.2 Å². The Kier molecular flexibility index (Phi) is 48.4. The minimum atomic E-state index is -1.91. The molecule has 0 saturated carbocycles. The minimum absolute atomic E-state index is 0.0451. The molecule has 12 heteroatoms. The predicted molar refractivity (Wildman–Crippen MR) is 312 cm³/mol. The molecule has 0 bridgehead atoms. The molecule has 1 aliphatic heterocycles. The Morgan fingerprint density at radius 1 is 0.442 bits per heavy atom. The third-order valence-corrected chi connectivity index (χ3v) is 13.4. The molecule has 440 valence electrons. The van der Waals surface area contributed by atoms with Gasteiger partial charge in [-0.2, -0.15) is 0 Å². The number of allylic oxidation sites excluding steroid dienone is 14. The van der Waals surface area contributed by atoms with Gasteiger partial charge in [0.25, 0.3) is 0 Å². The maximum Gasteiger partial charge on any atom is 0.335 e. The lowest BCUT2D eigenvalue weighted by atomic mass is 9.98. The van der Waals surface area contributed by atoms with Crippen LogP contribution in [0.5, 0.6) is 0 Å². The van der Waals surface area contributed by atoms with E-state index < -0.39 is 67.3 Å². The van der Waals surface area contributed by atoms with Crippen molar-refractivity contribution in [2.75, 3.05) is 13.2 Å². The zero-order valence-corrected chi connectivity index (χ0v) is 48.4. The SMILES string of the molecule is CC/C=C\C/C=C\C/C=C\CCCCCCCCCC(=O)OCC(COC1OC(C(=O)O)C(O)C(O)C1OC(=O)CCCCCCC/C=C\CCCCCCCC)OC(=O)CCCCCCC/C=C\C/C=C\C/C=C\CC. The van der Waals surface area contributed by atoms with E-state index in [-0.39, 0.29) is 25.9 Å². The molecule has 0 amide bonds.